The number of aryl methyl sites for hydroxylation is 2. The first-order chi connectivity index (χ1) is 15.8. The van der Waals surface area contributed by atoms with Crippen LogP contribution in [0, 0.1) is 19.8 Å². The maximum Gasteiger partial charge on any atom is 0.269 e. The molecule has 8 heteroatoms. The average molecular weight is 465 g/mol. The van der Waals surface area contributed by atoms with Crippen LogP contribution in [-0.4, -0.2) is 33.1 Å². The third-order valence-corrected chi connectivity index (χ3v) is 6.51. The van der Waals surface area contributed by atoms with Gasteiger partial charge in [0.1, 0.15) is 18.0 Å². The van der Waals surface area contributed by atoms with Crippen LogP contribution in [0.1, 0.15) is 41.8 Å². The quantitative estimate of drug-likeness (QED) is 0.556. The molecule has 2 atom stereocenters. The first-order valence-corrected chi connectivity index (χ1v) is 12.1. The molecule has 7 nitrogen and oxygen atoms in total. The summed E-state index contributed by atoms with van der Waals surface area (Å²) in [6.45, 7) is 8.51. The highest BCUT2D eigenvalue weighted by Crippen LogP contribution is 2.29. The van der Waals surface area contributed by atoms with Gasteiger partial charge in [0.2, 0.25) is 5.88 Å². The van der Waals surface area contributed by atoms with E-state index in [0.29, 0.717) is 28.0 Å². The summed E-state index contributed by atoms with van der Waals surface area (Å²) in [5.41, 5.74) is 4.25. The predicted molar refractivity (Wildman–Crippen MR) is 130 cm³/mol. The number of benzene rings is 2. The van der Waals surface area contributed by atoms with E-state index in [1.807, 2.05) is 32.0 Å². The number of hydrogen-bond donors (Lipinski definition) is 2. The fraction of sp³-hybridized carbons (Fsp3) is 0.320. The standard InChI is InChI=1S/C25H28N4O3S/c1-15(2)11-19-14-32-22-13-21(23-16(3)7-5-8-17(23)4)27-25(28-22)29-33(31)20-10-6-9-18(12-20)24(30)26-19/h5-10,12-13,15,19H,11,14H2,1-4H3,(H,26,30)(H,27,28,29)/t19-,33?/m1/s1. The molecule has 1 aliphatic rings. The number of fused-ring (bicyclic) bond motifs is 4. The second-order valence-corrected chi connectivity index (χ2v) is 9.90. The Hall–Kier alpha value is -3.10. The monoisotopic (exact) mass is 464 g/mol. The van der Waals surface area contributed by atoms with Crippen molar-refractivity contribution >= 4 is 23.2 Å². The van der Waals surface area contributed by atoms with E-state index >= 15 is 0 Å². The van der Waals surface area contributed by atoms with Crippen molar-refractivity contribution in [1.82, 2.24) is 15.3 Å². The Kier molecular flexibility index (Phi) is 6.85. The maximum absolute atomic E-state index is 13.0. The zero-order valence-electron chi connectivity index (χ0n) is 19.2. The number of carbonyl (C=O) groups is 1. The molecule has 0 saturated carbocycles. The molecule has 1 amide bonds. The molecule has 0 radical (unpaired) electrons. The van der Waals surface area contributed by atoms with Crippen molar-refractivity contribution < 1.29 is 14.1 Å². The van der Waals surface area contributed by atoms with Crippen LogP contribution in [0.25, 0.3) is 11.3 Å². The van der Waals surface area contributed by atoms with E-state index in [4.69, 9.17) is 4.74 Å². The SMILES string of the molecule is Cc1cccc(C)c1-c1cc2nc(n1)N[S+]([O-])c1cccc(c1)C(=O)N[C@H](CC(C)C)CO2. The van der Waals surface area contributed by atoms with Crippen molar-refractivity contribution in [1.29, 1.82) is 0 Å². The maximum atomic E-state index is 13.0. The zero-order valence-corrected chi connectivity index (χ0v) is 20.0. The Bertz CT molecular complexity index is 1150. The van der Waals surface area contributed by atoms with Gasteiger partial charge < -0.3 is 14.6 Å². The minimum absolute atomic E-state index is 0.202. The number of carbonyl (C=O) groups excluding carboxylic acids is 1. The number of amides is 1. The molecular weight excluding hydrogens is 436 g/mol. The van der Waals surface area contributed by atoms with Crippen LogP contribution in [0.5, 0.6) is 5.88 Å². The minimum atomic E-state index is -1.66. The summed E-state index contributed by atoms with van der Waals surface area (Å²) in [6, 6.07) is 14.4. The number of anilines is 1. The van der Waals surface area contributed by atoms with E-state index < -0.39 is 11.4 Å². The first kappa shape index (κ1) is 23.1. The van der Waals surface area contributed by atoms with E-state index in [0.717, 1.165) is 23.1 Å². The van der Waals surface area contributed by atoms with Crippen LogP contribution in [0.4, 0.5) is 5.95 Å². The van der Waals surface area contributed by atoms with Crippen molar-refractivity contribution in [2.24, 2.45) is 5.92 Å². The van der Waals surface area contributed by atoms with Gasteiger partial charge in [-0.2, -0.15) is 9.71 Å². The molecule has 2 aromatic carbocycles. The summed E-state index contributed by atoms with van der Waals surface area (Å²) < 4.78 is 22.0. The van der Waals surface area contributed by atoms with Gasteiger partial charge in [-0.3, -0.25) is 4.79 Å². The molecule has 4 bridgehead atoms. The summed E-state index contributed by atoms with van der Waals surface area (Å²) >= 11 is -1.66. The van der Waals surface area contributed by atoms with Crippen LogP contribution < -0.4 is 14.8 Å². The highest BCUT2D eigenvalue weighted by Gasteiger charge is 2.22. The summed E-state index contributed by atoms with van der Waals surface area (Å²) in [5.74, 6) is 0.696. The average Bonchev–Trinajstić information content (AvgIpc) is 2.76. The van der Waals surface area contributed by atoms with Gasteiger partial charge in [0.25, 0.3) is 11.9 Å². The van der Waals surface area contributed by atoms with Crippen molar-refractivity contribution in [2.75, 3.05) is 11.3 Å². The van der Waals surface area contributed by atoms with E-state index in [1.165, 1.54) is 0 Å². The molecule has 0 spiro atoms. The number of nitrogens with one attached hydrogen (secondary N) is 2. The summed E-state index contributed by atoms with van der Waals surface area (Å²) in [5, 5.41) is 3.06. The van der Waals surface area contributed by atoms with Crippen LogP contribution in [0.2, 0.25) is 0 Å². The fourth-order valence-corrected chi connectivity index (χ4v) is 4.79. The highest BCUT2D eigenvalue weighted by atomic mass is 32.2. The molecule has 3 aromatic rings. The third-order valence-electron chi connectivity index (χ3n) is 5.46. The van der Waals surface area contributed by atoms with E-state index in [9.17, 15) is 9.35 Å². The van der Waals surface area contributed by atoms with Gasteiger partial charge in [0, 0.05) is 23.3 Å². The normalized spacial score (nSPS) is 18.3. The molecular formula is C25H28N4O3S. The van der Waals surface area contributed by atoms with Gasteiger partial charge >= 0.3 is 0 Å². The van der Waals surface area contributed by atoms with Gasteiger partial charge in [-0.1, -0.05) is 38.1 Å². The molecule has 1 aromatic heterocycles. The summed E-state index contributed by atoms with van der Waals surface area (Å²) in [4.78, 5) is 22.4. The van der Waals surface area contributed by atoms with Crippen molar-refractivity contribution in [3.8, 4) is 17.1 Å². The van der Waals surface area contributed by atoms with Gasteiger partial charge in [-0.15, -0.1) is 0 Å². The zero-order chi connectivity index (χ0) is 23.5. The lowest BCUT2D eigenvalue weighted by Gasteiger charge is -2.21. The number of ether oxygens (including phenoxy) is 1. The lowest BCUT2D eigenvalue weighted by molar-refractivity contribution is 0.0913. The van der Waals surface area contributed by atoms with Gasteiger partial charge in [-0.05, 0) is 49.4 Å². The largest absolute Gasteiger partial charge is 0.588 e. The van der Waals surface area contributed by atoms with Gasteiger partial charge in [0.05, 0.1) is 11.7 Å². The molecule has 2 N–H and O–H groups in total. The lowest BCUT2D eigenvalue weighted by Crippen LogP contribution is -2.40. The number of nitrogens with zero attached hydrogens (tertiary/aromatic N) is 2. The van der Waals surface area contributed by atoms with Gasteiger partial charge in [0.15, 0.2) is 4.90 Å². The molecule has 172 valence electrons. The third kappa shape index (κ3) is 5.46. The molecule has 4 rings (SSSR count). The molecule has 0 saturated heterocycles. The van der Waals surface area contributed by atoms with Gasteiger partial charge in [-0.25, -0.2) is 4.98 Å². The molecule has 1 unspecified atom stereocenters. The molecule has 33 heavy (non-hydrogen) atoms. The highest BCUT2D eigenvalue weighted by molar-refractivity contribution is 7.92. The van der Waals surface area contributed by atoms with Crippen LogP contribution in [0.3, 0.4) is 0 Å². The van der Waals surface area contributed by atoms with Crippen molar-refractivity contribution in [2.45, 2.75) is 45.1 Å². The minimum Gasteiger partial charge on any atom is -0.588 e. The lowest BCUT2D eigenvalue weighted by atomic mass is 10.00. The molecule has 0 aliphatic carbocycles. The Morgan fingerprint density at radius 1 is 1.12 bits per heavy atom. The Morgan fingerprint density at radius 2 is 1.85 bits per heavy atom. The van der Waals surface area contributed by atoms with Crippen LogP contribution >= 0.6 is 0 Å². The molecule has 2 heterocycles. The number of hydrogen-bond acceptors (Lipinski definition) is 6. The number of aromatic nitrogens is 2. The van der Waals surface area contributed by atoms with E-state index in [-0.39, 0.29) is 24.5 Å². The van der Waals surface area contributed by atoms with E-state index in [1.54, 1.807) is 30.3 Å². The smallest absolute Gasteiger partial charge is 0.269 e. The van der Waals surface area contributed by atoms with Crippen LogP contribution in [-0.2, 0) is 11.4 Å². The number of rotatable bonds is 3. The van der Waals surface area contributed by atoms with Crippen LogP contribution in [0.15, 0.2) is 53.4 Å². The van der Waals surface area contributed by atoms with Crippen molar-refractivity contribution in [3.63, 3.8) is 0 Å². The predicted octanol–water partition coefficient (Wildman–Crippen LogP) is 4.43. The Morgan fingerprint density at radius 3 is 2.58 bits per heavy atom. The summed E-state index contributed by atoms with van der Waals surface area (Å²) in [6.07, 6.45) is 0.747. The van der Waals surface area contributed by atoms with E-state index in [2.05, 4.69) is 33.9 Å². The second kappa shape index (κ2) is 9.80. The Balaban J connectivity index is 1.79. The topological polar surface area (TPSA) is 99.2 Å². The Labute approximate surface area is 197 Å². The first-order valence-electron chi connectivity index (χ1n) is 11.0. The van der Waals surface area contributed by atoms with Crippen molar-refractivity contribution in [3.05, 3.63) is 65.2 Å². The molecule has 0 fully saturated rings. The fourth-order valence-electron chi connectivity index (χ4n) is 3.98. The summed E-state index contributed by atoms with van der Waals surface area (Å²) in [7, 11) is 0. The second-order valence-electron chi connectivity index (χ2n) is 8.69. The molecule has 1 aliphatic heterocycles.